The number of nitrogens with zero attached hydrogens (tertiary/aromatic N) is 4. The molecule has 6 heteroatoms. The molecular formula is C19H18N4OS. The molecule has 5 nitrogen and oxygen atoms in total. The van der Waals surface area contributed by atoms with E-state index in [-0.39, 0.29) is 5.91 Å². The van der Waals surface area contributed by atoms with E-state index < -0.39 is 0 Å². The number of rotatable bonds is 2. The lowest BCUT2D eigenvalue weighted by molar-refractivity contribution is 0.0216. The zero-order valence-corrected chi connectivity index (χ0v) is 14.6. The molecule has 1 aromatic carbocycles. The first-order chi connectivity index (χ1) is 12.3. The quantitative estimate of drug-likeness (QED) is 0.713. The van der Waals surface area contributed by atoms with Gasteiger partial charge in [-0.3, -0.25) is 14.7 Å². The van der Waals surface area contributed by atoms with Gasteiger partial charge in [0.15, 0.2) is 0 Å². The van der Waals surface area contributed by atoms with Gasteiger partial charge in [0.2, 0.25) is 0 Å². The first-order valence-electron chi connectivity index (χ1n) is 8.58. The summed E-state index contributed by atoms with van der Waals surface area (Å²) in [6.45, 7) is 3.68. The number of benzene rings is 1. The van der Waals surface area contributed by atoms with Crippen LogP contribution in [-0.4, -0.2) is 51.4 Å². The van der Waals surface area contributed by atoms with Gasteiger partial charge < -0.3 is 4.90 Å². The van der Waals surface area contributed by atoms with Crippen molar-refractivity contribution in [2.24, 2.45) is 0 Å². The van der Waals surface area contributed by atoms with Crippen LogP contribution >= 0.6 is 11.3 Å². The van der Waals surface area contributed by atoms with Crippen LogP contribution in [0.25, 0.3) is 11.0 Å². The van der Waals surface area contributed by atoms with E-state index in [0.29, 0.717) is 11.7 Å². The molecule has 2 aromatic heterocycles. The van der Waals surface area contributed by atoms with E-state index in [0.717, 1.165) is 43.6 Å². The Balaban J connectivity index is 1.26. The predicted octanol–water partition coefficient (Wildman–Crippen LogP) is 2.57. The number of carbonyl (C=O) groups excluding carboxylic acids is 1. The van der Waals surface area contributed by atoms with Gasteiger partial charge in [-0.05, 0) is 35.6 Å². The lowest BCUT2D eigenvalue weighted by Crippen LogP contribution is -2.61. The fourth-order valence-electron chi connectivity index (χ4n) is 3.66. The largest absolute Gasteiger partial charge is 0.334 e. The molecule has 4 heterocycles. The normalized spacial score (nSPS) is 18.2. The van der Waals surface area contributed by atoms with Crippen LogP contribution in [0, 0.1) is 0 Å². The molecule has 2 aliphatic heterocycles. The molecule has 0 radical (unpaired) electrons. The lowest BCUT2D eigenvalue weighted by Gasteiger charge is -2.46. The number of aromatic nitrogens is 2. The number of thiophene rings is 1. The molecule has 0 unspecified atom stereocenters. The van der Waals surface area contributed by atoms with E-state index in [1.54, 1.807) is 6.20 Å². The summed E-state index contributed by atoms with van der Waals surface area (Å²) in [5, 5.41) is 2.18. The Morgan fingerprint density at radius 2 is 2.00 bits per heavy atom. The van der Waals surface area contributed by atoms with Gasteiger partial charge >= 0.3 is 0 Å². The Hall–Kier alpha value is -2.31. The van der Waals surface area contributed by atoms with Gasteiger partial charge in [0.1, 0.15) is 5.69 Å². The summed E-state index contributed by atoms with van der Waals surface area (Å²) < 4.78 is 0. The minimum absolute atomic E-state index is 0.0114. The Morgan fingerprint density at radius 3 is 2.88 bits per heavy atom. The van der Waals surface area contributed by atoms with Gasteiger partial charge in [-0.15, -0.1) is 11.3 Å². The molecule has 3 aromatic rings. The molecule has 5 rings (SSSR count). The highest BCUT2D eigenvalue weighted by Crippen LogP contribution is 2.28. The first-order valence-corrected chi connectivity index (χ1v) is 9.46. The number of amides is 1. The molecule has 0 atom stereocenters. The van der Waals surface area contributed by atoms with E-state index in [1.807, 2.05) is 40.5 Å². The topological polar surface area (TPSA) is 49.3 Å². The van der Waals surface area contributed by atoms with Crippen molar-refractivity contribution >= 4 is 28.3 Å². The van der Waals surface area contributed by atoms with Crippen molar-refractivity contribution < 1.29 is 4.79 Å². The summed E-state index contributed by atoms with van der Waals surface area (Å²) in [5.41, 5.74) is 3.49. The maximum absolute atomic E-state index is 12.7. The van der Waals surface area contributed by atoms with Crippen LogP contribution in [0.2, 0.25) is 0 Å². The molecule has 0 spiro atoms. The zero-order valence-electron chi connectivity index (χ0n) is 13.8. The lowest BCUT2D eigenvalue weighted by atomic mass is 10.0. The number of carbonyl (C=O) groups is 1. The average molecular weight is 350 g/mol. The maximum atomic E-state index is 12.7. The highest BCUT2D eigenvalue weighted by molar-refractivity contribution is 7.10. The maximum Gasteiger partial charge on any atom is 0.274 e. The molecule has 2 aliphatic rings. The van der Waals surface area contributed by atoms with E-state index in [1.165, 1.54) is 10.4 Å². The van der Waals surface area contributed by atoms with Crippen molar-refractivity contribution in [3.63, 3.8) is 0 Å². The molecule has 0 aliphatic carbocycles. The smallest absolute Gasteiger partial charge is 0.274 e. The minimum atomic E-state index is -0.0114. The van der Waals surface area contributed by atoms with Gasteiger partial charge in [0.25, 0.3) is 5.91 Å². The van der Waals surface area contributed by atoms with E-state index in [4.69, 9.17) is 0 Å². The molecule has 0 bridgehead atoms. The van der Waals surface area contributed by atoms with Crippen molar-refractivity contribution in [1.82, 2.24) is 19.8 Å². The van der Waals surface area contributed by atoms with Crippen molar-refractivity contribution in [2.75, 3.05) is 19.6 Å². The highest BCUT2D eigenvalue weighted by Gasteiger charge is 2.37. The van der Waals surface area contributed by atoms with E-state index in [9.17, 15) is 4.79 Å². The summed E-state index contributed by atoms with van der Waals surface area (Å²) in [5.74, 6) is -0.0114. The summed E-state index contributed by atoms with van der Waals surface area (Å²) in [6, 6.07) is 10.3. The summed E-state index contributed by atoms with van der Waals surface area (Å²) in [7, 11) is 0. The van der Waals surface area contributed by atoms with Gasteiger partial charge in [-0.1, -0.05) is 12.1 Å². The van der Waals surface area contributed by atoms with Crippen molar-refractivity contribution in [3.8, 4) is 0 Å². The van der Waals surface area contributed by atoms with Crippen LogP contribution < -0.4 is 0 Å². The summed E-state index contributed by atoms with van der Waals surface area (Å²) in [6.07, 6.45) is 2.73. The van der Waals surface area contributed by atoms with E-state index >= 15 is 0 Å². The monoisotopic (exact) mass is 350 g/mol. The Kier molecular flexibility index (Phi) is 3.53. The molecule has 1 fully saturated rings. The van der Waals surface area contributed by atoms with Gasteiger partial charge in [0.05, 0.1) is 17.2 Å². The Bertz CT molecular complexity index is 947. The number of para-hydroxylation sites is 2. The fraction of sp³-hybridized carbons (Fsp3) is 0.316. The number of fused-ring (bicyclic) bond motifs is 2. The molecule has 0 N–H and O–H groups in total. The van der Waals surface area contributed by atoms with Crippen molar-refractivity contribution in [3.05, 3.63) is 58.0 Å². The first kappa shape index (κ1) is 15.0. The van der Waals surface area contributed by atoms with Crippen LogP contribution in [-0.2, 0) is 13.0 Å². The average Bonchev–Trinajstić information content (AvgIpc) is 3.08. The van der Waals surface area contributed by atoms with Crippen LogP contribution in [0.3, 0.4) is 0 Å². The number of hydrogen-bond donors (Lipinski definition) is 0. The van der Waals surface area contributed by atoms with Gasteiger partial charge in [-0.2, -0.15) is 0 Å². The SMILES string of the molecule is O=C(c1cnc2ccccc2n1)N1CC(N2CCc3sccc3C2)C1. The molecule has 1 saturated heterocycles. The number of likely N-dealkylation sites (tertiary alicyclic amines) is 1. The van der Waals surface area contributed by atoms with Crippen LogP contribution in [0.15, 0.2) is 41.9 Å². The molecule has 0 saturated carbocycles. The fourth-order valence-corrected chi connectivity index (χ4v) is 4.55. The van der Waals surface area contributed by atoms with Crippen LogP contribution in [0.4, 0.5) is 0 Å². The second-order valence-electron chi connectivity index (χ2n) is 6.70. The molecular weight excluding hydrogens is 332 g/mol. The second kappa shape index (κ2) is 5.89. The molecule has 25 heavy (non-hydrogen) atoms. The minimum Gasteiger partial charge on any atom is -0.334 e. The van der Waals surface area contributed by atoms with E-state index in [2.05, 4.69) is 26.3 Å². The van der Waals surface area contributed by atoms with Gasteiger partial charge in [0, 0.05) is 37.1 Å². The highest BCUT2D eigenvalue weighted by atomic mass is 32.1. The summed E-state index contributed by atoms with van der Waals surface area (Å²) >= 11 is 1.86. The summed E-state index contributed by atoms with van der Waals surface area (Å²) in [4.78, 5) is 27.4. The third kappa shape index (κ3) is 2.62. The third-order valence-electron chi connectivity index (χ3n) is 5.17. The third-order valence-corrected chi connectivity index (χ3v) is 6.19. The molecule has 126 valence electrons. The predicted molar refractivity (Wildman–Crippen MR) is 97.7 cm³/mol. The Labute approximate surface area is 149 Å². The van der Waals surface area contributed by atoms with Crippen molar-refractivity contribution in [1.29, 1.82) is 0 Å². The Morgan fingerprint density at radius 1 is 1.16 bits per heavy atom. The van der Waals surface area contributed by atoms with Crippen molar-refractivity contribution in [2.45, 2.75) is 19.0 Å². The standard InChI is InChI=1S/C19H18N4OS/c24-19(17-9-20-15-3-1-2-4-16(15)21-17)23-11-14(12-23)22-7-5-18-13(10-22)6-8-25-18/h1-4,6,8-9,14H,5,7,10-12H2. The van der Waals surface area contributed by atoms with Crippen LogP contribution in [0.1, 0.15) is 20.9 Å². The van der Waals surface area contributed by atoms with Crippen LogP contribution in [0.5, 0.6) is 0 Å². The van der Waals surface area contributed by atoms with Gasteiger partial charge in [-0.25, -0.2) is 4.98 Å². The second-order valence-corrected chi connectivity index (χ2v) is 7.70. The molecule has 1 amide bonds. The number of hydrogen-bond acceptors (Lipinski definition) is 5. The zero-order chi connectivity index (χ0) is 16.8.